The molecular formula is C22H24N4O3S. The maximum atomic E-state index is 12.9. The van der Waals surface area contributed by atoms with Crippen molar-refractivity contribution in [3.8, 4) is 5.75 Å². The number of nitrogens with zero attached hydrogens (tertiary/aromatic N) is 2. The van der Waals surface area contributed by atoms with Gasteiger partial charge in [-0.3, -0.25) is 9.59 Å². The molecule has 0 bridgehead atoms. The third-order valence-corrected chi connectivity index (χ3v) is 5.45. The number of rotatable bonds is 8. The van der Waals surface area contributed by atoms with Gasteiger partial charge in [0.25, 0.3) is 0 Å². The van der Waals surface area contributed by atoms with E-state index in [1.165, 1.54) is 0 Å². The molecule has 1 atom stereocenters. The summed E-state index contributed by atoms with van der Waals surface area (Å²) in [5, 5.41) is 0.413. The van der Waals surface area contributed by atoms with E-state index in [-0.39, 0.29) is 17.7 Å². The second-order valence-corrected chi connectivity index (χ2v) is 7.99. The Morgan fingerprint density at radius 2 is 1.67 bits per heavy atom. The molecule has 1 heterocycles. The summed E-state index contributed by atoms with van der Waals surface area (Å²) in [4.78, 5) is 31.2. The third kappa shape index (κ3) is 4.60. The summed E-state index contributed by atoms with van der Waals surface area (Å²) >= 11 is 1.13. The average molecular weight is 425 g/mol. The number of nitrogens with two attached hydrogens (primary N) is 2. The molecule has 0 fully saturated rings. The molecule has 0 saturated heterocycles. The Bertz CT molecular complexity index is 1030. The lowest BCUT2D eigenvalue weighted by Crippen LogP contribution is -2.39. The van der Waals surface area contributed by atoms with Crippen LogP contribution in [0.15, 0.2) is 54.6 Å². The third-order valence-electron chi connectivity index (χ3n) is 4.38. The van der Waals surface area contributed by atoms with Crippen molar-refractivity contribution in [2.24, 2.45) is 5.73 Å². The lowest BCUT2D eigenvalue weighted by molar-refractivity contribution is -0.118. The standard InChI is InChI=1S/C22H24N4O3S/c1-13(2)29-17-11-9-16(10-12-17)26(14(3)21(24)28)22-25-20(23)19(30-22)18(27)15-7-5-4-6-8-15/h4-14H,23H2,1-3H3,(H2,24,28)/t14-/m1/s1. The Labute approximate surface area is 179 Å². The molecule has 1 aromatic heterocycles. The first-order chi connectivity index (χ1) is 14.3. The fourth-order valence-corrected chi connectivity index (χ4v) is 3.94. The van der Waals surface area contributed by atoms with E-state index in [1.807, 2.05) is 44.2 Å². The molecule has 2 aromatic carbocycles. The zero-order valence-electron chi connectivity index (χ0n) is 17.0. The van der Waals surface area contributed by atoms with Crippen LogP contribution < -0.4 is 21.1 Å². The molecule has 0 aliphatic carbocycles. The number of anilines is 3. The number of primary amides is 1. The number of carbonyl (C=O) groups excluding carboxylic acids is 2. The van der Waals surface area contributed by atoms with E-state index >= 15 is 0 Å². The number of nitrogen functional groups attached to an aromatic ring is 1. The van der Waals surface area contributed by atoms with Gasteiger partial charge in [-0.2, -0.15) is 0 Å². The maximum Gasteiger partial charge on any atom is 0.240 e. The largest absolute Gasteiger partial charge is 0.491 e. The van der Waals surface area contributed by atoms with E-state index in [4.69, 9.17) is 16.2 Å². The smallest absolute Gasteiger partial charge is 0.240 e. The summed E-state index contributed by atoms with van der Waals surface area (Å²) in [5.41, 5.74) is 12.8. The van der Waals surface area contributed by atoms with Gasteiger partial charge in [-0.25, -0.2) is 4.98 Å². The van der Waals surface area contributed by atoms with E-state index in [1.54, 1.807) is 36.1 Å². The van der Waals surface area contributed by atoms with E-state index < -0.39 is 11.9 Å². The number of ketones is 1. The number of thiazole rings is 1. The summed E-state index contributed by atoms with van der Waals surface area (Å²) in [6.45, 7) is 5.56. The minimum atomic E-state index is -0.702. The van der Waals surface area contributed by atoms with E-state index in [2.05, 4.69) is 4.98 Å². The molecule has 0 spiro atoms. The van der Waals surface area contributed by atoms with Crippen LogP contribution >= 0.6 is 11.3 Å². The first-order valence-electron chi connectivity index (χ1n) is 9.49. The van der Waals surface area contributed by atoms with Crippen LogP contribution in [0.2, 0.25) is 0 Å². The Morgan fingerprint density at radius 1 is 1.03 bits per heavy atom. The van der Waals surface area contributed by atoms with Crippen molar-refractivity contribution in [3.05, 3.63) is 65.0 Å². The van der Waals surface area contributed by atoms with Crippen molar-refractivity contribution >= 4 is 39.7 Å². The zero-order chi connectivity index (χ0) is 21.8. The van der Waals surface area contributed by atoms with Crippen LogP contribution in [0.5, 0.6) is 5.75 Å². The van der Waals surface area contributed by atoms with Crippen LogP contribution in [0.25, 0.3) is 0 Å². The van der Waals surface area contributed by atoms with Gasteiger partial charge in [-0.05, 0) is 45.0 Å². The number of ether oxygens (including phenoxy) is 1. The summed E-state index contributed by atoms with van der Waals surface area (Å²) in [7, 11) is 0. The summed E-state index contributed by atoms with van der Waals surface area (Å²) in [5.74, 6) is 0.0794. The normalized spacial score (nSPS) is 11.9. The van der Waals surface area contributed by atoms with Gasteiger partial charge in [0.2, 0.25) is 11.7 Å². The second kappa shape index (κ2) is 8.96. The zero-order valence-corrected chi connectivity index (χ0v) is 17.8. The van der Waals surface area contributed by atoms with Crippen LogP contribution in [0.1, 0.15) is 36.0 Å². The van der Waals surface area contributed by atoms with Crippen LogP contribution in [0, 0.1) is 0 Å². The van der Waals surface area contributed by atoms with Crippen molar-refractivity contribution in [1.29, 1.82) is 0 Å². The lowest BCUT2D eigenvalue weighted by Gasteiger charge is -2.27. The molecule has 30 heavy (non-hydrogen) atoms. The second-order valence-electron chi connectivity index (χ2n) is 7.01. The SMILES string of the molecule is CC(C)Oc1ccc(N(c2nc(N)c(C(=O)c3ccccc3)s2)[C@H](C)C(N)=O)cc1. The highest BCUT2D eigenvalue weighted by atomic mass is 32.1. The van der Waals surface area contributed by atoms with E-state index in [0.717, 1.165) is 11.3 Å². The van der Waals surface area contributed by atoms with Crippen molar-refractivity contribution in [1.82, 2.24) is 4.98 Å². The molecule has 156 valence electrons. The molecule has 4 N–H and O–H groups in total. The van der Waals surface area contributed by atoms with Gasteiger partial charge in [-0.15, -0.1) is 0 Å². The molecule has 8 heteroatoms. The van der Waals surface area contributed by atoms with Crippen LogP contribution in [-0.2, 0) is 4.79 Å². The van der Waals surface area contributed by atoms with Crippen molar-refractivity contribution < 1.29 is 14.3 Å². The topological polar surface area (TPSA) is 112 Å². The number of carbonyl (C=O) groups is 2. The molecule has 0 aliphatic heterocycles. The van der Waals surface area contributed by atoms with E-state index in [0.29, 0.717) is 27.0 Å². The number of benzene rings is 2. The highest BCUT2D eigenvalue weighted by Crippen LogP contribution is 2.36. The van der Waals surface area contributed by atoms with E-state index in [9.17, 15) is 9.59 Å². The molecular weight excluding hydrogens is 400 g/mol. The molecule has 3 rings (SSSR count). The minimum absolute atomic E-state index is 0.0433. The summed E-state index contributed by atoms with van der Waals surface area (Å²) in [6, 6.07) is 15.4. The van der Waals surface area contributed by atoms with Gasteiger partial charge in [0.05, 0.1) is 6.10 Å². The highest BCUT2D eigenvalue weighted by molar-refractivity contribution is 7.18. The van der Waals surface area contributed by atoms with Crippen molar-refractivity contribution in [2.45, 2.75) is 32.9 Å². The number of aromatic nitrogens is 1. The summed E-state index contributed by atoms with van der Waals surface area (Å²) in [6.07, 6.45) is 0.0433. The molecule has 0 radical (unpaired) electrons. The lowest BCUT2D eigenvalue weighted by atomic mass is 10.1. The molecule has 0 aliphatic rings. The Morgan fingerprint density at radius 3 is 2.23 bits per heavy atom. The van der Waals surface area contributed by atoms with Gasteiger partial charge in [-0.1, -0.05) is 41.7 Å². The number of hydrogen-bond donors (Lipinski definition) is 2. The van der Waals surface area contributed by atoms with Crippen LogP contribution in [-0.4, -0.2) is 28.8 Å². The van der Waals surface area contributed by atoms with Gasteiger partial charge >= 0.3 is 0 Å². The number of hydrogen-bond acceptors (Lipinski definition) is 7. The highest BCUT2D eigenvalue weighted by Gasteiger charge is 2.27. The summed E-state index contributed by atoms with van der Waals surface area (Å²) < 4.78 is 5.68. The molecule has 0 unspecified atom stereocenters. The first kappa shape index (κ1) is 21.3. The predicted octanol–water partition coefficient (Wildman–Crippen LogP) is 3.76. The van der Waals surface area contributed by atoms with Gasteiger partial charge in [0, 0.05) is 11.3 Å². The Balaban J connectivity index is 1.99. The van der Waals surface area contributed by atoms with Gasteiger partial charge in [0.15, 0.2) is 5.13 Å². The molecule has 0 saturated carbocycles. The quantitative estimate of drug-likeness (QED) is 0.533. The average Bonchev–Trinajstić information content (AvgIpc) is 3.10. The van der Waals surface area contributed by atoms with Gasteiger partial charge < -0.3 is 21.1 Å². The minimum Gasteiger partial charge on any atom is -0.491 e. The van der Waals surface area contributed by atoms with Crippen molar-refractivity contribution in [2.75, 3.05) is 10.6 Å². The monoisotopic (exact) mass is 424 g/mol. The fraction of sp³-hybridized carbons (Fsp3) is 0.227. The molecule has 1 amide bonds. The molecule has 7 nitrogen and oxygen atoms in total. The van der Waals surface area contributed by atoms with Crippen LogP contribution in [0.3, 0.4) is 0 Å². The Hall–Kier alpha value is -3.39. The predicted molar refractivity (Wildman–Crippen MR) is 119 cm³/mol. The van der Waals surface area contributed by atoms with Crippen LogP contribution in [0.4, 0.5) is 16.6 Å². The number of amides is 1. The maximum absolute atomic E-state index is 12.9. The van der Waals surface area contributed by atoms with Gasteiger partial charge in [0.1, 0.15) is 22.5 Å². The fourth-order valence-electron chi connectivity index (χ4n) is 2.89. The Kier molecular flexibility index (Phi) is 6.37. The van der Waals surface area contributed by atoms with Crippen molar-refractivity contribution in [3.63, 3.8) is 0 Å². The molecule has 3 aromatic rings. The first-order valence-corrected chi connectivity index (χ1v) is 10.3.